The van der Waals surface area contributed by atoms with E-state index in [0.29, 0.717) is 5.25 Å². The van der Waals surface area contributed by atoms with E-state index in [-0.39, 0.29) is 5.54 Å². The second-order valence-electron chi connectivity index (χ2n) is 5.28. The maximum Gasteiger partial charge on any atom is 0.107 e. The van der Waals surface area contributed by atoms with Crippen molar-refractivity contribution in [1.29, 1.82) is 5.26 Å². The second-order valence-corrected chi connectivity index (χ2v) is 6.57. The van der Waals surface area contributed by atoms with Gasteiger partial charge < -0.3 is 0 Å². The molecule has 0 radical (unpaired) electrons. The summed E-state index contributed by atoms with van der Waals surface area (Å²) >= 11 is 2.00. The molecule has 1 aliphatic carbocycles. The molecule has 0 aliphatic heterocycles. The molecule has 0 bridgehead atoms. The standard InChI is InChI=1S/C16H22N2S/c1-2-10-18-16(13-17)9-8-15(11-16)19-12-14-6-4-3-5-7-14/h3-7,15,18H,2,8-12H2,1H3. The number of thioether (sulfide) groups is 1. The molecule has 1 N–H and O–H groups in total. The summed E-state index contributed by atoms with van der Waals surface area (Å²) in [5.74, 6) is 1.06. The quantitative estimate of drug-likeness (QED) is 0.858. The minimum Gasteiger partial charge on any atom is -0.299 e. The van der Waals surface area contributed by atoms with Crippen LogP contribution in [-0.4, -0.2) is 17.3 Å². The third-order valence-electron chi connectivity index (χ3n) is 3.73. The molecule has 1 fully saturated rings. The summed E-state index contributed by atoms with van der Waals surface area (Å²) in [6.45, 7) is 3.10. The van der Waals surface area contributed by atoms with Crippen molar-refractivity contribution in [1.82, 2.24) is 5.32 Å². The maximum absolute atomic E-state index is 9.42. The van der Waals surface area contributed by atoms with Crippen LogP contribution in [0.3, 0.4) is 0 Å². The van der Waals surface area contributed by atoms with Crippen LogP contribution >= 0.6 is 11.8 Å². The molecule has 19 heavy (non-hydrogen) atoms. The molecule has 2 atom stereocenters. The summed E-state index contributed by atoms with van der Waals surface area (Å²) in [4.78, 5) is 0. The smallest absolute Gasteiger partial charge is 0.107 e. The van der Waals surface area contributed by atoms with Gasteiger partial charge in [0.05, 0.1) is 6.07 Å². The van der Waals surface area contributed by atoms with E-state index in [1.165, 1.54) is 5.56 Å². The van der Waals surface area contributed by atoms with Gasteiger partial charge in [-0.3, -0.25) is 5.32 Å². The molecule has 2 nitrogen and oxygen atoms in total. The molecular formula is C16H22N2S. The summed E-state index contributed by atoms with van der Waals surface area (Å²) in [7, 11) is 0. The molecule has 0 heterocycles. The first kappa shape index (κ1) is 14.4. The fourth-order valence-corrected chi connectivity index (χ4v) is 3.90. The Labute approximate surface area is 120 Å². The van der Waals surface area contributed by atoms with Crippen LogP contribution in [0.2, 0.25) is 0 Å². The number of hydrogen-bond donors (Lipinski definition) is 1. The summed E-state index contributed by atoms with van der Waals surface area (Å²) < 4.78 is 0. The van der Waals surface area contributed by atoms with Crippen molar-refractivity contribution in [3.63, 3.8) is 0 Å². The van der Waals surface area contributed by atoms with Crippen LogP contribution in [0.4, 0.5) is 0 Å². The molecule has 0 aromatic heterocycles. The Morgan fingerprint density at radius 3 is 2.89 bits per heavy atom. The number of benzene rings is 1. The first-order valence-corrected chi connectivity index (χ1v) is 8.15. The van der Waals surface area contributed by atoms with Crippen LogP contribution in [0.15, 0.2) is 30.3 Å². The molecule has 0 spiro atoms. The lowest BCUT2D eigenvalue weighted by atomic mass is 10.00. The molecule has 2 unspecified atom stereocenters. The van der Waals surface area contributed by atoms with Crippen molar-refractivity contribution in [2.75, 3.05) is 6.54 Å². The minimum absolute atomic E-state index is 0.260. The molecule has 102 valence electrons. The van der Waals surface area contributed by atoms with Crippen molar-refractivity contribution in [2.24, 2.45) is 0 Å². The zero-order valence-electron chi connectivity index (χ0n) is 11.6. The number of nitriles is 1. The average Bonchev–Trinajstić information content (AvgIpc) is 2.88. The van der Waals surface area contributed by atoms with E-state index in [1.54, 1.807) is 0 Å². The van der Waals surface area contributed by atoms with Gasteiger partial charge in [0.15, 0.2) is 0 Å². The first-order valence-electron chi connectivity index (χ1n) is 7.10. The lowest BCUT2D eigenvalue weighted by Crippen LogP contribution is -2.42. The minimum atomic E-state index is -0.260. The molecule has 0 amide bonds. The fraction of sp³-hybridized carbons (Fsp3) is 0.562. The highest BCUT2D eigenvalue weighted by Crippen LogP contribution is 2.38. The van der Waals surface area contributed by atoms with Crippen LogP contribution in [0, 0.1) is 11.3 Å². The monoisotopic (exact) mass is 274 g/mol. The maximum atomic E-state index is 9.42. The summed E-state index contributed by atoms with van der Waals surface area (Å²) in [5, 5.41) is 13.5. The fourth-order valence-electron chi connectivity index (χ4n) is 2.60. The predicted octanol–water partition coefficient (Wildman–Crippen LogP) is 3.73. The Morgan fingerprint density at radius 2 is 2.21 bits per heavy atom. The lowest BCUT2D eigenvalue weighted by molar-refractivity contribution is 0.424. The molecule has 3 heteroatoms. The van der Waals surface area contributed by atoms with Gasteiger partial charge in [0.2, 0.25) is 0 Å². The van der Waals surface area contributed by atoms with Crippen molar-refractivity contribution < 1.29 is 0 Å². The van der Waals surface area contributed by atoms with E-state index >= 15 is 0 Å². The summed E-state index contributed by atoms with van der Waals surface area (Å²) in [5.41, 5.74) is 1.12. The Balaban J connectivity index is 1.83. The lowest BCUT2D eigenvalue weighted by Gasteiger charge is -2.22. The van der Waals surface area contributed by atoms with Gasteiger partial charge in [-0.15, -0.1) is 0 Å². The van der Waals surface area contributed by atoms with Crippen LogP contribution in [0.25, 0.3) is 0 Å². The molecule has 1 aromatic carbocycles. The Bertz CT molecular complexity index is 426. The van der Waals surface area contributed by atoms with E-state index in [4.69, 9.17) is 0 Å². The van der Waals surface area contributed by atoms with E-state index < -0.39 is 0 Å². The van der Waals surface area contributed by atoms with Crippen LogP contribution in [-0.2, 0) is 5.75 Å². The summed E-state index contributed by atoms with van der Waals surface area (Å²) in [6, 6.07) is 13.1. The topological polar surface area (TPSA) is 35.8 Å². The molecular weight excluding hydrogens is 252 g/mol. The van der Waals surface area contributed by atoms with Gasteiger partial charge in [-0.1, -0.05) is 37.3 Å². The van der Waals surface area contributed by atoms with E-state index in [0.717, 1.165) is 38.0 Å². The SMILES string of the molecule is CCCNC1(C#N)CCC(SCc2ccccc2)C1. The van der Waals surface area contributed by atoms with Gasteiger partial charge in [0, 0.05) is 11.0 Å². The molecule has 1 aliphatic rings. The highest BCUT2D eigenvalue weighted by Gasteiger charge is 2.38. The van der Waals surface area contributed by atoms with Crippen molar-refractivity contribution in [2.45, 2.75) is 49.1 Å². The Hall–Kier alpha value is -0.980. The van der Waals surface area contributed by atoms with Crippen LogP contribution < -0.4 is 5.32 Å². The first-order chi connectivity index (χ1) is 9.28. The van der Waals surface area contributed by atoms with Crippen molar-refractivity contribution >= 4 is 11.8 Å². The van der Waals surface area contributed by atoms with Gasteiger partial charge >= 0.3 is 0 Å². The van der Waals surface area contributed by atoms with Gasteiger partial charge in [0.25, 0.3) is 0 Å². The number of hydrogen-bond acceptors (Lipinski definition) is 3. The molecule has 0 saturated heterocycles. The third kappa shape index (κ3) is 3.99. The van der Waals surface area contributed by atoms with Crippen LogP contribution in [0.5, 0.6) is 0 Å². The highest BCUT2D eigenvalue weighted by molar-refractivity contribution is 7.99. The van der Waals surface area contributed by atoms with E-state index in [2.05, 4.69) is 48.6 Å². The highest BCUT2D eigenvalue weighted by atomic mass is 32.2. The number of nitrogens with zero attached hydrogens (tertiary/aromatic N) is 1. The number of rotatable bonds is 6. The predicted molar refractivity (Wildman–Crippen MR) is 82.0 cm³/mol. The zero-order chi connectivity index (χ0) is 13.6. The second kappa shape index (κ2) is 6.98. The van der Waals surface area contributed by atoms with Gasteiger partial charge in [0.1, 0.15) is 5.54 Å². The van der Waals surface area contributed by atoms with Crippen molar-refractivity contribution in [3.8, 4) is 6.07 Å². The third-order valence-corrected chi connectivity index (χ3v) is 5.10. The van der Waals surface area contributed by atoms with E-state index in [1.807, 2.05) is 11.8 Å². The zero-order valence-corrected chi connectivity index (χ0v) is 12.4. The van der Waals surface area contributed by atoms with Crippen molar-refractivity contribution in [3.05, 3.63) is 35.9 Å². The van der Waals surface area contributed by atoms with E-state index in [9.17, 15) is 5.26 Å². The molecule has 1 saturated carbocycles. The molecule has 1 aromatic rings. The largest absolute Gasteiger partial charge is 0.299 e. The van der Waals surface area contributed by atoms with Gasteiger partial charge in [-0.25, -0.2) is 0 Å². The average molecular weight is 274 g/mol. The Kier molecular flexibility index (Phi) is 5.30. The normalized spacial score (nSPS) is 26.2. The summed E-state index contributed by atoms with van der Waals surface area (Å²) in [6.07, 6.45) is 4.23. The Morgan fingerprint density at radius 1 is 1.42 bits per heavy atom. The number of nitrogens with one attached hydrogen (secondary N) is 1. The van der Waals surface area contributed by atoms with Gasteiger partial charge in [-0.2, -0.15) is 17.0 Å². The van der Waals surface area contributed by atoms with Gasteiger partial charge in [-0.05, 0) is 37.8 Å². The van der Waals surface area contributed by atoms with Crippen LogP contribution in [0.1, 0.15) is 38.2 Å². The molecule has 2 rings (SSSR count).